The van der Waals surface area contributed by atoms with Gasteiger partial charge in [0.15, 0.2) is 0 Å². The van der Waals surface area contributed by atoms with Crippen LogP contribution in [0.15, 0.2) is 47.4 Å². The van der Waals surface area contributed by atoms with Crippen LogP contribution >= 0.6 is 11.6 Å². The number of aryl methyl sites for hydroxylation is 1. The highest BCUT2D eigenvalue weighted by atomic mass is 35.5. The van der Waals surface area contributed by atoms with Crippen molar-refractivity contribution >= 4 is 11.6 Å². The second kappa shape index (κ2) is 4.98. The van der Waals surface area contributed by atoms with Gasteiger partial charge in [-0.05, 0) is 31.2 Å². The van der Waals surface area contributed by atoms with Crippen LogP contribution in [0.1, 0.15) is 5.69 Å². The largest absolute Gasteiger partial charge is 0.329 e. The number of aromatic nitrogens is 3. The van der Waals surface area contributed by atoms with Gasteiger partial charge in [-0.2, -0.15) is 5.10 Å². The third-order valence-corrected chi connectivity index (χ3v) is 3.40. The van der Waals surface area contributed by atoms with Gasteiger partial charge >= 0.3 is 0 Å². The minimum Gasteiger partial charge on any atom is -0.329 e. The van der Waals surface area contributed by atoms with E-state index in [1.807, 2.05) is 19.1 Å². The zero-order chi connectivity index (χ0) is 14.1. The minimum atomic E-state index is -0.132. The maximum absolute atomic E-state index is 12.0. The first-order chi connectivity index (χ1) is 9.66. The number of hydrogen-bond donors (Lipinski definition) is 2. The molecule has 1 aromatic carbocycles. The van der Waals surface area contributed by atoms with Crippen LogP contribution in [0.25, 0.3) is 22.4 Å². The number of nitrogens with one attached hydrogen (secondary N) is 2. The molecule has 0 aliphatic carbocycles. The highest BCUT2D eigenvalue weighted by molar-refractivity contribution is 6.30. The van der Waals surface area contributed by atoms with E-state index in [4.69, 9.17) is 11.6 Å². The smallest absolute Gasteiger partial charge is 0.255 e. The first kappa shape index (κ1) is 12.7. The van der Waals surface area contributed by atoms with Crippen molar-refractivity contribution in [2.24, 2.45) is 0 Å². The quantitative estimate of drug-likeness (QED) is 0.758. The van der Waals surface area contributed by atoms with E-state index in [2.05, 4.69) is 15.2 Å². The summed E-state index contributed by atoms with van der Waals surface area (Å²) in [6, 6.07) is 11.0. The third-order valence-electron chi connectivity index (χ3n) is 3.15. The fraction of sp³-hybridized carbons (Fsp3) is 0.0667. The van der Waals surface area contributed by atoms with Gasteiger partial charge in [-0.15, -0.1) is 0 Å². The Kier molecular flexibility index (Phi) is 3.16. The Morgan fingerprint density at radius 1 is 1.15 bits per heavy atom. The van der Waals surface area contributed by atoms with Crippen molar-refractivity contribution in [2.45, 2.75) is 6.92 Å². The monoisotopic (exact) mass is 285 g/mol. The van der Waals surface area contributed by atoms with Crippen LogP contribution < -0.4 is 5.56 Å². The molecule has 0 saturated heterocycles. The number of rotatable bonds is 2. The number of hydrogen-bond acceptors (Lipinski definition) is 2. The van der Waals surface area contributed by atoms with Crippen molar-refractivity contribution in [1.29, 1.82) is 0 Å². The van der Waals surface area contributed by atoms with Gasteiger partial charge in [0.2, 0.25) is 0 Å². The van der Waals surface area contributed by atoms with E-state index in [9.17, 15) is 4.79 Å². The highest BCUT2D eigenvalue weighted by Gasteiger charge is 2.16. The molecule has 0 fully saturated rings. The predicted molar refractivity (Wildman–Crippen MR) is 79.8 cm³/mol. The summed E-state index contributed by atoms with van der Waals surface area (Å²) in [6.45, 7) is 1.90. The van der Waals surface area contributed by atoms with Crippen LogP contribution in [-0.4, -0.2) is 15.2 Å². The molecule has 0 bridgehead atoms. The SMILES string of the molecule is Cc1[nH]nc(-c2ccc(Cl)cc2)c1-c1ccc[nH]c1=O. The van der Waals surface area contributed by atoms with Crippen molar-refractivity contribution in [1.82, 2.24) is 15.2 Å². The highest BCUT2D eigenvalue weighted by Crippen LogP contribution is 2.31. The van der Waals surface area contributed by atoms with Crippen LogP contribution in [0, 0.1) is 6.92 Å². The maximum atomic E-state index is 12.0. The Hall–Kier alpha value is -2.33. The molecule has 0 radical (unpaired) electrons. The van der Waals surface area contributed by atoms with Crippen molar-refractivity contribution in [3.63, 3.8) is 0 Å². The summed E-state index contributed by atoms with van der Waals surface area (Å²) in [5.41, 5.74) is 3.80. The van der Waals surface area contributed by atoms with Crippen molar-refractivity contribution in [3.8, 4) is 22.4 Å². The van der Waals surface area contributed by atoms with E-state index in [1.165, 1.54) is 0 Å². The second-order valence-corrected chi connectivity index (χ2v) is 4.93. The molecule has 3 aromatic rings. The molecule has 3 rings (SSSR count). The number of halogens is 1. The average molecular weight is 286 g/mol. The van der Waals surface area contributed by atoms with Crippen LogP contribution in [0.2, 0.25) is 5.02 Å². The lowest BCUT2D eigenvalue weighted by atomic mass is 10.0. The molecule has 0 aliphatic rings. The van der Waals surface area contributed by atoms with Gasteiger partial charge in [0.25, 0.3) is 5.56 Å². The van der Waals surface area contributed by atoms with Crippen LogP contribution in [0.4, 0.5) is 0 Å². The normalized spacial score (nSPS) is 10.7. The van der Waals surface area contributed by atoms with Gasteiger partial charge in [-0.3, -0.25) is 9.89 Å². The Morgan fingerprint density at radius 2 is 1.90 bits per heavy atom. The first-order valence-corrected chi connectivity index (χ1v) is 6.53. The molecule has 0 spiro atoms. The summed E-state index contributed by atoms with van der Waals surface area (Å²) >= 11 is 5.90. The van der Waals surface area contributed by atoms with Crippen molar-refractivity contribution in [2.75, 3.05) is 0 Å². The van der Waals surface area contributed by atoms with E-state index in [0.29, 0.717) is 10.6 Å². The average Bonchev–Trinajstić information content (AvgIpc) is 2.82. The maximum Gasteiger partial charge on any atom is 0.255 e. The molecular formula is C15H12ClN3O. The Bertz CT molecular complexity index is 802. The van der Waals surface area contributed by atoms with E-state index >= 15 is 0 Å². The van der Waals surface area contributed by atoms with Crippen molar-refractivity contribution < 1.29 is 0 Å². The van der Waals surface area contributed by atoms with Gasteiger partial charge in [-0.1, -0.05) is 23.7 Å². The molecular weight excluding hydrogens is 274 g/mol. The summed E-state index contributed by atoms with van der Waals surface area (Å²) in [7, 11) is 0. The summed E-state index contributed by atoms with van der Waals surface area (Å²) in [4.78, 5) is 14.7. The molecule has 0 saturated carbocycles. The van der Waals surface area contributed by atoms with Gasteiger partial charge in [0.05, 0.1) is 5.56 Å². The predicted octanol–water partition coefficient (Wildman–Crippen LogP) is 3.39. The number of nitrogens with zero attached hydrogens (tertiary/aromatic N) is 1. The Balaban J connectivity index is 2.23. The first-order valence-electron chi connectivity index (χ1n) is 6.16. The van der Waals surface area contributed by atoms with Crippen molar-refractivity contribution in [3.05, 3.63) is 63.7 Å². The molecule has 4 nitrogen and oxygen atoms in total. The van der Waals surface area contributed by atoms with Gasteiger partial charge in [0.1, 0.15) is 5.69 Å². The lowest BCUT2D eigenvalue weighted by molar-refractivity contribution is 1.05. The standard InChI is InChI=1S/C15H12ClN3O/c1-9-13(12-3-2-8-17-15(12)20)14(19-18-9)10-4-6-11(16)7-5-10/h2-8H,1H3,(H,17,20)(H,18,19). The summed E-state index contributed by atoms with van der Waals surface area (Å²) in [6.07, 6.45) is 1.61. The number of benzene rings is 1. The minimum absolute atomic E-state index is 0.132. The van der Waals surface area contributed by atoms with Crippen LogP contribution in [0.5, 0.6) is 0 Å². The van der Waals surface area contributed by atoms with Gasteiger partial charge < -0.3 is 4.98 Å². The molecule has 2 N–H and O–H groups in total. The fourth-order valence-electron chi connectivity index (χ4n) is 2.19. The Morgan fingerprint density at radius 3 is 2.60 bits per heavy atom. The Labute approximate surface area is 120 Å². The lowest BCUT2D eigenvalue weighted by Crippen LogP contribution is -2.07. The molecule has 20 heavy (non-hydrogen) atoms. The molecule has 0 amide bonds. The molecule has 2 heterocycles. The van der Waals surface area contributed by atoms with Crippen LogP contribution in [0.3, 0.4) is 0 Å². The molecule has 0 unspecified atom stereocenters. The van der Waals surface area contributed by atoms with Gasteiger partial charge in [0, 0.05) is 28.0 Å². The molecule has 0 atom stereocenters. The summed E-state index contributed by atoms with van der Waals surface area (Å²) in [5.74, 6) is 0. The lowest BCUT2D eigenvalue weighted by Gasteiger charge is -2.03. The van der Waals surface area contributed by atoms with Gasteiger partial charge in [-0.25, -0.2) is 0 Å². The number of H-pyrrole nitrogens is 2. The zero-order valence-electron chi connectivity index (χ0n) is 10.8. The van der Waals surface area contributed by atoms with E-state index in [-0.39, 0.29) is 5.56 Å². The molecule has 0 aliphatic heterocycles. The second-order valence-electron chi connectivity index (χ2n) is 4.49. The van der Waals surface area contributed by atoms with E-state index < -0.39 is 0 Å². The number of aromatic amines is 2. The van der Waals surface area contributed by atoms with E-state index in [0.717, 1.165) is 22.5 Å². The molecule has 5 heteroatoms. The number of pyridine rings is 1. The molecule has 2 aromatic heterocycles. The fourth-order valence-corrected chi connectivity index (χ4v) is 2.32. The topological polar surface area (TPSA) is 61.5 Å². The summed E-state index contributed by atoms with van der Waals surface area (Å²) in [5, 5.41) is 7.92. The van der Waals surface area contributed by atoms with Crippen LogP contribution in [-0.2, 0) is 0 Å². The molecule has 100 valence electrons. The summed E-state index contributed by atoms with van der Waals surface area (Å²) < 4.78 is 0. The zero-order valence-corrected chi connectivity index (χ0v) is 11.5. The van der Waals surface area contributed by atoms with E-state index in [1.54, 1.807) is 30.5 Å². The third kappa shape index (κ3) is 2.14.